The number of hydrogen-bond acceptors (Lipinski definition) is 5. The minimum atomic E-state index is -1.39. The summed E-state index contributed by atoms with van der Waals surface area (Å²) in [5.41, 5.74) is -0.846. The fourth-order valence-corrected chi connectivity index (χ4v) is 1.27. The lowest BCUT2D eigenvalue weighted by molar-refractivity contribution is 0.0636. The number of ether oxygens (including phenoxy) is 1. The first kappa shape index (κ1) is 15.3. The van der Waals surface area contributed by atoms with E-state index in [1.165, 1.54) is 6.20 Å². The first-order chi connectivity index (χ1) is 8.73. The van der Waals surface area contributed by atoms with Crippen LogP contribution in [-0.2, 0) is 4.74 Å². The van der Waals surface area contributed by atoms with Crippen LogP contribution in [-0.4, -0.2) is 33.5 Å². The monoisotopic (exact) mass is 272 g/mol. The molecule has 0 aliphatic carbocycles. The van der Waals surface area contributed by atoms with Gasteiger partial charge in [-0.25, -0.2) is 9.18 Å². The van der Waals surface area contributed by atoms with E-state index < -0.39 is 30.2 Å². The van der Waals surface area contributed by atoms with Gasteiger partial charge < -0.3 is 14.9 Å². The molecule has 0 saturated carbocycles. The van der Waals surface area contributed by atoms with Gasteiger partial charge in [0.1, 0.15) is 23.2 Å². The molecule has 1 unspecified atom stereocenters. The average molecular weight is 272 g/mol. The molecular formula is C12H17FN2O4. The Labute approximate surface area is 110 Å². The molecule has 0 aromatic carbocycles. The predicted octanol–water partition coefficient (Wildman–Crippen LogP) is 1.59. The van der Waals surface area contributed by atoms with Crippen molar-refractivity contribution < 1.29 is 24.1 Å². The van der Waals surface area contributed by atoms with Crippen molar-refractivity contribution in [2.45, 2.75) is 32.5 Å². The maximum Gasteiger partial charge on any atom is 0.412 e. The Morgan fingerprint density at radius 1 is 1.58 bits per heavy atom. The van der Waals surface area contributed by atoms with Gasteiger partial charge in [0.15, 0.2) is 0 Å². The molecular weight excluding hydrogens is 255 g/mol. The summed E-state index contributed by atoms with van der Waals surface area (Å²) in [6, 6.07) is 0.991. The van der Waals surface area contributed by atoms with Gasteiger partial charge in [0.25, 0.3) is 0 Å². The maximum absolute atomic E-state index is 13.6. The number of carbonyl (C=O) groups excluding carboxylic acids is 1. The lowest BCUT2D eigenvalue weighted by Gasteiger charge is -2.19. The van der Waals surface area contributed by atoms with Crippen LogP contribution in [0.15, 0.2) is 12.3 Å². The highest BCUT2D eigenvalue weighted by Crippen LogP contribution is 2.18. The van der Waals surface area contributed by atoms with E-state index in [2.05, 4.69) is 10.3 Å². The Balaban J connectivity index is 2.76. The van der Waals surface area contributed by atoms with Crippen LogP contribution in [0.2, 0.25) is 0 Å². The Bertz CT molecular complexity index is 460. The lowest BCUT2D eigenvalue weighted by Crippen LogP contribution is -2.27. The number of carbonyl (C=O) groups is 1. The van der Waals surface area contributed by atoms with Crippen molar-refractivity contribution in [2.75, 3.05) is 11.9 Å². The van der Waals surface area contributed by atoms with E-state index >= 15 is 0 Å². The van der Waals surface area contributed by atoms with Crippen LogP contribution in [0.5, 0.6) is 0 Å². The molecule has 0 aliphatic rings. The van der Waals surface area contributed by atoms with Crippen molar-refractivity contribution in [2.24, 2.45) is 0 Å². The average Bonchev–Trinajstić information content (AvgIpc) is 2.25. The van der Waals surface area contributed by atoms with Gasteiger partial charge in [0.2, 0.25) is 0 Å². The topological polar surface area (TPSA) is 91.7 Å². The number of aliphatic hydroxyl groups is 2. The zero-order valence-electron chi connectivity index (χ0n) is 11.0. The highest BCUT2D eigenvalue weighted by Gasteiger charge is 2.18. The molecule has 1 amide bonds. The SMILES string of the molecule is CC(C)(C)OC(=O)Nc1cnc(C(O)CO)c(F)c1. The molecule has 6 nitrogen and oxygen atoms in total. The van der Waals surface area contributed by atoms with E-state index in [0.29, 0.717) is 0 Å². The molecule has 1 heterocycles. The summed E-state index contributed by atoms with van der Waals surface area (Å²) >= 11 is 0. The van der Waals surface area contributed by atoms with E-state index in [9.17, 15) is 14.3 Å². The first-order valence-corrected chi connectivity index (χ1v) is 5.67. The fraction of sp³-hybridized carbons (Fsp3) is 0.500. The molecule has 19 heavy (non-hydrogen) atoms. The third-order valence-corrected chi connectivity index (χ3v) is 2.00. The summed E-state index contributed by atoms with van der Waals surface area (Å²) < 4.78 is 18.5. The van der Waals surface area contributed by atoms with E-state index in [0.717, 1.165) is 6.07 Å². The van der Waals surface area contributed by atoms with Crippen LogP contribution >= 0.6 is 0 Å². The molecule has 3 N–H and O–H groups in total. The van der Waals surface area contributed by atoms with Gasteiger partial charge in [-0.1, -0.05) is 0 Å². The van der Waals surface area contributed by atoms with Crippen LogP contribution in [0.3, 0.4) is 0 Å². The van der Waals surface area contributed by atoms with Gasteiger partial charge in [0.05, 0.1) is 18.5 Å². The van der Waals surface area contributed by atoms with Crippen LogP contribution in [0.4, 0.5) is 14.9 Å². The number of aromatic nitrogens is 1. The Hall–Kier alpha value is -1.73. The van der Waals surface area contributed by atoms with Crippen molar-refractivity contribution in [3.05, 3.63) is 23.8 Å². The van der Waals surface area contributed by atoms with E-state index in [-0.39, 0.29) is 11.4 Å². The van der Waals surface area contributed by atoms with Gasteiger partial charge in [-0.05, 0) is 20.8 Å². The van der Waals surface area contributed by atoms with Crippen LogP contribution in [0, 0.1) is 5.82 Å². The number of nitrogens with zero attached hydrogens (tertiary/aromatic N) is 1. The summed E-state index contributed by atoms with van der Waals surface area (Å²) in [4.78, 5) is 15.1. The molecule has 0 saturated heterocycles. The minimum absolute atomic E-state index is 0.0978. The number of rotatable bonds is 3. The highest BCUT2D eigenvalue weighted by atomic mass is 19.1. The van der Waals surface area contributed by atoms with Gasteiger partial charge in [-0.3, -0.25) is 10.3 Å². The number of amides is 1. The highest BCUT2D eigenvalue weighted by molar-refractivity contribution is 5.84. The molecule has 1 atom stereocenters. The summed E-state index contributed by atoms with van der Waals surface area (Å²) in [5, 5.41) is 20.3. The Morgan fingerprint density at radius 3 is 2.68 bits per heavy atom. The number of hydrogen-bond donors (Lipinski definition) is 3. The molecule has 0 fully saturated rings. The number of aliphatic hydroxyl groups excluding tert-OH is 2. The number of halogens is 1. The molecule has 0 bridgehead atoms. The molecule has 0 aliphatic heterocycles. The molecule has 1 aromatic heterocycles. The van der Waals surface area contributed by atoms with Crippen LogP contribution < -0.4 is 5.32 Å². The zero-order chi connectivity index (χ0) is 14.6. The van der Waals surface area contributed by atoms with E-state index in [1.807, 2.05) is 0 Å². The predicted molar refractivity (Wildman–Crippen MR) is 66.1 cm³/mol. The zero-order valence-corrected chi connectivity index (χ0v) is 11.0. The Morgan fingerprint density at radius 2 is 2.21 bits per heavy atom. The summed E-state index contributed by atoms with van der Waals surface area (Å²) in [6.07, 6.45) is -0.957. The van der Waals surface area contributed by atoms with Crippen LogP contribution in [0.25, 0.3) is 0 Å². The fourth-order valence-electron chi connectivity index (χ4n) is 1.27. The Kier molecular flexibility index (Phi) is 4.79. The molecule has 7 heteroatoms. The van der Waals surface area contributed by atoms with E-state index in [4.69, 9.17) is 9.84 Å². The summed E-state index contributed by atoms with van der Waals surface area (Å²) in [7, 11) is 0. The lowest BCUT2D eigenvalue weighted by atomic mass is 10.2. The molecule has 0 radical (unpaired) electrons. The molecule has 106 valence electrons. The standard InChI is InChI=1S/C12H17FN2O4/c1-12(2,3)19-11(18)15-7-4-8(13)10(14-5-7)9(17)6-16/h4-5,9,16-17H,6H2,1-3H3,(H,15,18). The van der Waals surface area contributed by atoms with Gasteiger partial charge in [-0.2, -0.15) is 0 Å². The normalized spacial score (nSPS) is 12.9. The molecule has 1 aromatic rings. The van der Waals surface area contributed by atoms with Crippen molar-refractivity contribution in [3.63, 3.8) is 0 Å². The van der Waals surface area contributed by atoms with Crippen molar-refractivity contribution in [1.82, 2.24) is 4.98 Å². The third kappa shape index (κ3) is 4.80. The first-order valence-electron chi connectivity index (χ1n) is 5.67. The molecule has 1 rings (SSSR count). The second-order valence-electron chi connectivity index (χ2n) is 4.92. The van der Waals surface area contributed by atoms with Gasteiger partial charge in [0, 0.05) is 6.07 Å². The number of anilines is 1. The second kappa shape index (κ2) is 5.94. The minimum Gasteiger partial charge on any atom is -0.444 e. The smallest absolute Gasteiger partial charge is 0.412 e. The number of pyridine rings is 1. The number of nitrogens with one attached hydrogen (secondary N) is 1. The third-order valence-electron chi connectivity index (χ3n) is 2.00. The largest absolute Gasteiger partial charge is 0.444 e. The van der Waals surface area contributed by atoms with Crippen LogP contribution in [0.1, 0.15) is 32.6 Å². The summed E-state index contributed by atoms with van der Waals surface area (Å²) in [6.45, 7) is 4.47. The van der Waals surface area contributed by atoms with Crippen molar-refractivity contribution >= 4 is 11.8 Å². The molecule has 0 spiro atoms. The maximum atomic E-state index is 13.6. The quantitative estimate of drug-likeness (QED) is 0.777. The van der Waals surface area contributed by atoms with Crippen molar-refractivity contribution in [3.8, 4) is 0 Å². The van der Waals surface area contributed by atoms with Gasteiger partial charge >= 0.3 is 6.09 Å². The summed E-state index contributed by atoms with van der Waals surface area (Å²) in [5.74, 6) is -0.824. The van der Waals surface area contributed by atoms with E-state index in [1.54, 1.807) is 20.8 Å². The van der Waals surface area contributed by atoms with Crippen molar-refractivity contribution in [1.29, 1.82) is 0 Å². The second-order valence-corrected chi connectivity index (χ2v) is 4.92. The van der Waals surface area contributed by atoms with Gasteiger partial charge in [-0.15, -0.1) is 0 Å².